The molecular weight excluding hydrogens is 394 g/mol. The van der Waals surface area contributed by atoms with Gasteiger partial charge in [0.2, 0.25) is 0 Å². The Balaban J connectivity index is 1.97. The van der Waals surface area contributed by atoms with Gasteiger partial charge in [-0.05, 0) is 36.8 Å². The second-order valence-electron chi connectivity index (χ2n) is 7.05. The first-order valence-electron chi connectivity index (χ1n) is 10.1. The van der Waals surface area contributed by atoms with E-state index in [1.54, 1.807) is 24.3 Å². The largest absolute Gasteiger partial charge is 0.493 e. The smallest absolute Gasteiger partial charge is 0.267 e. The number of para-hydroxylation sites is 1. The van der Waals surface area contributed by atoms with E-state index in [9.17, 15) is 9.59 Å². The Morgan fingerprint density at radius 1 is 1.06 bits per heavy atom. The predicted molar refractivity (Wildman–Crippen MR) is 121 cm³/mol. The van der Waals surface area contributed by atoms with Gasteiger partial charge in [0, 0.05) is 41.8 Å². The van der Waals surface area contributed by atoms with Crippen LogP contribution in [0, 0.1) is 0 Å². The van der Waals surface area contributed by atoms with Crippen LogP contribution in [0.4, 0.5) is 0 Å². The van der Waals surface area contributed by atoms with Crippen LogP contribution < -0.4 is 20.1 Å². The van der Waals surface area contributed by atoms with Gasteiger partial charge in [0.1, 0.15) is 5.70 Å². The van der Waals surface area contributed by atoms with E-state index in [2.05, 4.69) is 10.6 Å². The fourth-order valence-corrected chi connectivity index (χ4v) is 3.31. The van der Waals surface area contributed by atoms with Crippen molar-refractivity contribution in [3.63, 3.8) is 0 Å². The number of nitrogens with zero attached hydrogens (tertiary/aromatic N) is 1. The molecule has 2 amide bonds. The molecule has 0 spiro atoms. The summed E-state index contributed by atoms with van der Waals surface area (Å²) < 4.78 is 12.5. The van der Waals surface area contributed by atoms with E-state index in [1.165, 1.54) is 14.2 Å². The quantitative estimate of drug-likeness (QED) is 0.546. The second-order valence-corrected chi connectivity index (χ2v) is 7.05. The number of ether oxygens (including phenoxy) is 2. The number of carbonyl (C=O) groups is 2. The van der Waals surface area contributed by atoms with Crippen LogP contribution in [0.2, 0.25) is 0 Å². The van der Waals surface area contributed by atoms with Crippen LogP contribution in [0.25, 0.3) is 17.0 Å². The molecular formula is C24H27N3O4. The minimum absolute atomic E-state index is 0.171. The third-order valence-electron chi connectivity index (χ3n) is 4.90. The molecule has 0 radical (unpaired) electrons. The number of rotatable bonds is 8. The summed E-state index contributed by atoms with van der Waals surface area (Å²) in [7, 11) is 4.98. The zero-order valence-corrected chi connectivity index (χ0v) is 18.2. The van der Waals surface area contributed by atoms with E-state index < -0.39 is 5.91 Å². The molecule has 0 aliphatic heterocycles. The van der Waals surface area contributed by atoms with Crippen LogP contribution in [-0.2, 0) is 11.8 Å². The maximum absolute atomic E-state index is 12.9. The van der Waals surface area contributed by atoms with E-state index in [1.807, 2.05) is 49.0 Å². The number of amides is 2. The molecule has 0 unspecified atom stereocenters. The summed E-state index contributed by atoms with van der Waals surface area (Å²) in [6.07, 6.45) is 4.42. The van der Waals surface area contributed by atoms with Crippen molar-refractivity contribution in [2.75, 3.05) is 20.8 Å². The summed E-state index contributed by atoms with van der Waals surface area (Å²) >= 11 is 0. The molecule has 162 valence electrons. The third-order valence-corrected chi connectivity index (χ3v) is 4.90. The summed E-state index contributed by atoms with van der Waals surface area (Å²) in [6.45, 7) is 2.48. The van der Waals surface area contributed by atoms with Gasteiger partial charge in [-0.15, -0.1) is 0 Å². The number of carbonyl (C=O) groups excluding carboxylic acids is 2. The molecule has 2 N–H and O–H groups in total. The van der Waals surface area contributed by atoms with Crippen LogP contribution in [0.1, 0.15) is 29.3 Å². The number of methoxy groups -OCH3 is 2. The Morgan fingerprint density at radius 2 is 1.81 bits per heavy atom. The van der Waals surface area contributed by atoms with Crippen LogP contribution in [0.15, 0.2) is 54.4 Å². The molecule has 0 bridgehead atoms. The minimum atomic E-state index is -0.418. The average Bonchev–Trinajstić information content (AvgIpc) is 3.11. The lowest BCUT2D eigenvalue weighted by molar-refractivity contribution is -0.117. The molecule has 0 saturated heterocycles. The monoisotopic (exact) mass is 421 g/mol. The SMILES string of the molecule is CCCNC(=O)C(=Cc1cn(C)c2ccccc12)NC(=O)c1ccc(OC)c(OC)c1. The average molecular weight is 421 g/mol. The standard InChI is InChI=1S/C24H27N3O4/c1-5-12-25-24(29)19(13-17-15-27(2)20-9-7-6-8-18(17)20)26-23(28)16-10-11-21(30-3)22(14-16)31-4/h6-11,13-15H,5,12H2,1-4H3,(H,25,29)(H,26,28). The molecule has 3 rings (SSSR count). The Labute approximate surface area is 181 Å². The first-order chi connectivity index (χ1) is 15.0. The molecule has 0 saturated carbocycles. The number of aryl methyl sites for hydroxylation is 1. The molecule has 1 heterocycles. The first kappa shape index (κ1) is 22.0. The maximum Gasteiger partial charge on any atom is 0.267 e. The Morgan fingerprint density at radius 3 is 2.52 bits per heavy atom. The van der Waals surface area contributed by atoms with Crippen LogP contribution in [0.5, 0.6) is 11.5 Å². The fourth-order valence-electron chi connectivity index (χ4n) is 3.31. The van der Waals surface area contributed by atoms with E-state index in [0.717, 1.165) is 22.9 Å². The highest BCUT2D eigenvalue weighted by molar-refractivity contribution is 6.06. The molecule has 3 aromatic rings. The number of benzene rings is 2. The number of nitrogens with one attached hydrogen (secondary N) is 2. The van der Waals surface area contributed by atoms with Gasteiger partial charge in [0.25, 0.3) is 11.8 Å². The van der Waals surface area contributed by atoms with Gasteiger partial charge in [0.15, 0.2) is 11.5 Å². The molecule has 7 nitrogen and oxygen atoms in total. The van der Waals surface area contributed by atoms with E-state index in [4.69, 9.17) is 9.47 Å². The number of hydrogen-bond acceptors (Lipinski definition) is 4. The fraction of sp³-hybridized carbons (Fsp3) is 0.250. The molecule has 0 aliphatic carbocycles. The van der Waals surface area contributed by atoms with Gasteiger partial charge in [-0.25, -0.2) is 0 Å². The Bertz CT molecular complexity index is 1130. The van der Waals surface area contributed by atoms with Crippen molar-refractivity contribution in [3.05, 3.63) is 65.5 Å². The van der Waals surface area contributed by atoms with Gasteiger partial charge in [-0.2, -0.15) is 0 Å². The normalized spacial score (nSPS) is 11.3. The van der Waals surface area contributed by atoms with Crippen molar-refractivity contribution in [1.82, 2.24) is 15.2 Å². The lowest BCUT2D eigenvalue weighted by Crippen LogP contribution is -2.35. The summed E-state index contributed by atoms with van der Waals surface area (Å²) in [6, 6.07) is 12.7. The molecule has 1 aromatic heterocycles. The number of aromatic nitrogens is 1. The molecule has 2 aromatic carbocycles. The maximum atomic E-state index is 12.9. The second kappa shape index (κ2) is 9.84. The Kier molecular flexibility index (Phi) is 6.97. The van der Waals surface area contributed by atoms with Crippen molar-refractivity contribution < 1.29 is 19.1 Å². The highest BCUT2D eigenvalue weighted by Crippen LogP contribution is 2.28. The van der Waals surface area contributed by atoms with Crippen LogP contribution in [0.3, 0.4) is 0 Å². The molecule has 0 fully saturated rings. The molecule has 31 heavy (non-hydrogen) atoms. The van der Waals surface area contributed by atoms with Gasteiger partial charge in [-0.1, -0.05) is 25.1 Å². The first-order valence-corrected chi connectivity index (χ1v) is 10.1. The zero-order chi connectivity index (χ0) is 22.4. The van der Waals surface area contributed by atoms with Gasteiger partial charge in [-0.3, -0.25) is 9.59 Å². The lowest BCUT2D eigenvalue weighted by atomic mass is 10.1. The summed E-state index contributed by atoms with van der Waals surface area (Å²) in [5, 5.41) is 6.58. The van der Waals surface area contributed by atoms with Gasteiger partial charge < -0.3 is 24.7 Å². The molecule has 7 heteroatoms. The van der Waals surface area contributed by atoms with E-state index in [-0.39, 0.29) is 11.6 Å². The highest BCUT2D eigenvalue weighted by Gasteiger charge is 2.17. The predicted octanol–water partition coefficient (Wildman–Crippen LogP) is 3.49. The number of hydrogen-bond donors (Lipinski definition) is 2. The summed E-state index contributed by atoms with van der Waals surface area (Å²) in [5.74, 6) is 0.194. The van der Waals surface area contributed by atoms with Gasteiger partial charge in [0.05, 0.1) is 14.2 Å². The lowest BCUT2D eigenvalue weighted by Gasteiger charge is -2.12. The van der Waals surface area contributed by atoms with E-state index in [0.29, 0.717) is 23.6 Å². The highest BCUT2D eigenvalue weighted by atomic mass is 16.5. The van der Waals surface area contributed by atoms with Crippen molar-refractivity contribution in [1.29, 1.82) is 0 Å². The van der Waals surface area contributed by atoms with E-state index >= 15 is 0 Å². The van der Waals surface area contributed by atoms with Crippen molar-refractivity contribution in [3.8, 4) is 11.5 Å². The summed E-state index contributed by atoms with van der Waals surface area (Å²) in [4.78, 5) is 25.7. The van der Waals surface area contributed by atoms with Crippen molar-refractivity contribution >= 4 is 28.8 Å². The molecule has 0 atom stereocenters. The van der Waals surface area contributed by atoms with Crippen LogP contribution >= 0.6 is 0 Å². The summed E-state index contributed by atoms with van der Waals surface area (Å²) in [5.41, 5.74) is 2.40. The zero-order valence-electron chi connectivity index (χ0n) is 18.2. The minimum Gasteiger partial charge on any atom is -0.493 e. The van der Waals surface area contributed by atoms with Gasteiger partial charge >= 0.3 is 0 Å². The topological polar surface area (TPSA) is 81.6 Å². The van der Waals surface area contributed by atoms with Crippen LogP contribution in [-0.4, -0.2) is 37.1 Å². The van der Waals surface area contributed by atoms with Crippen molar-refractivity contribution in [2.24, 2.45) is 7.05 Å². The Hall–Kier alpha value is -3.74. The van der Waals surface area contributed by atoms with Crippen molar-refractivity contribution in [2.45, 2.75) is 13.3 Å². The molecule has 0 aliphatic rings. The third kappa shape index (κ3) is 4.88. The number of fused-ring (bicyclic) bond motifs is 1.